The van der Waals surface area contributed by atoms with Gasteiger partial charge in [0.1, 0.15) is 11.4 Å². The first-order valence-electron chi connectivity index (χ1n) is 13.4. The summed E-state index contributed by atoms with van der Waals surface area (Å²) in [6, 6.07) is 7.39. The highest BCUT2D eigenvalue weighted by molar-refractivity contribution is 5.89. The highest BCUT2D eigenvalue weighted by Gasteiger charge is 2.32. The molecule has 3 nitrogen and oxygen atoms in total. The van der Waals surface area contributed by atoms with E-state index in [2.05, 4.69) is 34.6 Å². The molecule has 0 amide bonds. The van der Waals surface area contributed by atoms with Crippen LogP contribution in [0.3, 0.4) is 0 Å². The van der Waals surface area contributed by atoms with Gasteiger partial charge in [0.15, 0.2) is 0 Å². The molecule has 0 aromatic heterocycles. The maximum absolute atomic E-state index is 12.8. The number of ether oxygens (including phenoxy) is 2. The Labute approximate surface area is 198 Å². The summed E-state index contributed by atoms with van der Waals surface area (Å²) in [6.07, 6.45) is 17.5. The van der Waals surface area contributed by atoms with E-state index >= 15 is 0 Å². The molecule has 0 radical (unpaired) electrons. The number of carbonyl (C=O) groups excluding carboxylic acids is 1. The topological polar surface area (TPSA) is 35.5 Å². The zero-order chi connectivity index (χ0) is 23.7. The third kappa shape index (κ3) is 11.9. The molecule has 0 N–H and O–H groups in total. The number of hydrogen-bond donors (Lipinski definition) is 0. The molecule has 0 heterocycles. The van der Waals surface area contributed by atoms with Gasteiger partial charge < -0.3 is 9.47 Å². The molecule has 0 saturated carbocycles. The minimum Gasteiger partial charge on any atom is -0.494 e. The number of esters is 1. The van der Waals surface area contributed by atoms with E-state index in [1.165, 1.54) is 70.6 Å². The van der Waals surface area contributed by atoms with Crippen LogP contribution < -0.4 is 4.74 Å². The van der Waals surface area contributed by atoms with Crippen molar-refractivity contribution in [2.75, 3.05) is 6.61 Å². The molecule has 32 heavy (non-hydrogen) atoms. The average Bonchev–Trinajstić information content (AvgIpc) is 2.78. The summed E-state index contributed by atoms with van der Waals surface area (Å²) in [5.41, 5.74) is 0.139. The zero-order valence-corrected chi connectivity index (χ0v) is 21.7. The summed E-state index contributed by atoms with van der Waals surface area (Å²) in [6.45, 7) is 11.5. The third-order valence-corrected chi connectivity index (χ3v) is 6.59. The lowest BCUT2D eigenvalue weighted by molar-refractivity contribution is -0.0334. The Hall–Kier alpha value is -1.51. The largest absolute Gasteiger partial charge is 0.494 e. The molecule has 0 spiro atoms. The quantitative estimate of drug-likeness (QED) is 0.157. The van der Waals surface area contributed by atoms with Crippen LogP contribution in [0.2, 0.25) is 0 Å². The Morgan fingerprint density at radius 2 is 1.31 bits per heavy atom. The van der Waals surface area contributed by atoms with Gasteiger partial charge in [-0.2, -0.15) is 0 Å². The van der Waals surface area contributed by atoms with Crippen LogP contribution in [0.4, 0.5) is 0 Å². The molecule has 1 aromatic carbocycles. The summed E-state index contributed by atoms with van der Waals surface area (Å²) < 4.78 is 11.8. The van der Waals surface area contributed by atoms with Crippen molar-refractivity contribution in [3.05, 3.63) is 29.8 Å². The number of benzene rings is 1. The second-order valence-corrected chi connectivity index (χ2v) is 9.80. The van der Waals surface area contributed by atoms with Crippen molar-refractivity contribution >= 4 is 5.97 Å². The van der Waals surface area contributed by atoms with Crippen LogP contribution in [-0.2, 0) is 4.74 Å². The molecule has 0 aliphatic carbocycles. The molecule has 0 aliphatic rings. The van der Waals surface area contributed by atoms with Gasteiger partial charge in [0.2, 0.25) is 0 Å². The second kappa shape index (κ2) is 17.0. The van der Waals surface area contributed by atoms with Gasteiger partial charge in [0.05, 0.1) is 12.2 Å². The smallest absolute Gasteiger partial charge is 0.338 e. The standard InChI is InChI=1S/C29H50O3/c1-6-9-11-13-14-15-16-17-19-26(8-3)29(4,5)32-28(30)25-20-22-27(23-21-25)31-24-18-12-10-7-2/h20-23,26H,6-19,24H2,1-5H3. The summed E-state index contributed by atoms with van der Waals surface area (Å²) in [7, 11) is 0. The van der Waals surface area contributed by atoms with Crippen molar-refractivity contribution < 1.29 is 14.3 Å². The van der Waals surface area contributed by atoms with Crippen molar-refractivity contribution in [1.29, 1.82) is 0 Å². The first-order valence-corrected chi connectivity index (χ1v) is 13.4. The SMILES string of the molecule is CCCCCCCCCCC(CC)C(C)(C)OC(=O)c1ccc(OCCCCCC)cc1. The normalized spacial score (nSPS) is 12.5. The van der Waals surface area contributed by atoms with Gasteiger partial charge in [-0.1, -0.05) is 91.4 Å². The molecule has 184 valence electrons. The van der Waals surface area contributed by atoms with E-state index in [1.54, 1.807) is 0 Å². The van der Waals surface area contributed by atoms with E-state index < -0.39 is 5.60 Å². The van der Waals surface area contributed by atoms with Crippen molar-refractivity contribution in [2.24, 2.45) is 5.92 Å². The van der Waals surface area contributed by atoms with E-state index in [-0.39, 0.29) is 5.97 Å². The summed E-state index contributed by atoms with van der Waals surface area (Å²) in [5, 5.41) is 0. The fourth-order valence-corrected chi connectivity index (χ4v) is 4.36. The van der Waals surface area contributed by atoms with Gasteiger partial charge in [-0.15, -0.1) is 0 Å². The summed E-state index contributed by atoms with van der Waals surface area (Å²) in [5.74, 6) is 0.967. The summed E-state index contributed by atoms with van der Waals surface area (Å²) >= 11 is 0. The first-order chi connectivity index (χ1) is 15.4. The maximum Gasteiger partial charge on any atom is 0.338 e. The van der Waals surface area contributed by atoms with Gasteiger partial charge in [0.25, 0.3) is 0 Å². The van der Waals surface area contributed by atoms with E-state index in [0.29, 0.717) is 11.5 Å². The van der Waals surface area contributed by atoms with Crippen LogP contribution >= 0.6 is 0 Å². The van der Waals surface area contributed by atoms with Crippen LogP contribution in [0, 0.1) is 5.92 Å². The fourth-order valence-electron chi connectivity index (χ4n) is 4.36. The molecular formula is C29H50O3. The number of unbranched alkanes of at least 4 members (excludes halogenated alkanes) is 10. The Kier molecular flexibility index (Phi) is 15.2. The van der Waals surface area contributed by atoms with Crippen molar-refractivity contribution in [3.63, 3.8) is 0 Å². The minimum absolute atomic E-state index is 0.237. The second-order valence-electron chi connectivity index (χ2n) is 9.80. The Morgan fingerprint density at radius 3 is 1.88 bits per heavy atom. The molecule has 3 heteroatoms. The molecule has 1 rings (SSSR count). The zero-order valence-electron chi connectivity index (χ0n) is 21.7. The molecule has 0 bridgehead atoms. The van der Waals surface area contributed by atoms with Crippen LogP contribution in [0.1, 0.15) is 135 Å². The van der Waals surface area contributed by atoms with E-state index in [9.17, 15) is 4.79 Å². The average molecular weight is 447 g/mol. The Morgan fingerprint density at radius 1 is 0.781 bits per heavy atom. The number of carbonyl (C=O) groups is 1. The van der Waals surface area contributed by atoms with Crippen LogP contribution in [0.15, 0.2) is 24.3 Å². The van der Waals surface area contributed by atoms with Gasteiger partial charge in [0, 0.05) is 0 Å². The maximum atomic E-state index is 12.8. The van der Waals surface area contributed by atoms with E-state index in [4.69, 9.17) is 9.47 Å². The monoisotopic (exact) mass is 446 g/mol. The Bertz CT molecular complexity index is 591. The van der Waals surface area contributed by atoms with Crippen molar-refractivity contribution in [3.8, 4) is 5.75 Å². The van der Waals surface area contributed by atoms with E-state index in [1.807, 2.05) is 24.3 Å². The van der Waals surface area contributed by atoms with E-state index in [0.717, 1.165) is 31.6 Å². The lowest BCUT2D eigenvalue weighted by atomic mass is 9.84. The third-order valence-electron chi connectivity index (χ3n) is 6.59. The Balaban J connectivity index is 2.40. The minimum atomic E-state index is -0.457. The fraction of sp³-hybridized carbons (Fsp3) is 0.759. The van der Waals surface area contributed by atoms with Crippen LogP contribution in [-0.4, -0.2) is 18.2 Å². The number of hydrogen-bond acceptors (Lipinski definition) is 3. The highest BCUT2D eigenvalue weighted by atomic mass is 16.6. The summed E-state index contributed by atoms with van der Waals surface area (Å²) in [4.78, 5) is 12.8. The van der Waals surface area contributed by atoms with Crippen LogP contribution in [0.25, 0.3) is 0 Å². The van der Waals surface area contributed by atoms with Gasteiger partial charge in [-0.25, -0.2) is 4.79 Å². The molecule has 1 unspecified atom stereocenters. The molecule has 0 aliphatic heterocycles. The van der Waals surface area contributed by atoms with Crippen molar-refractivity contribution in [1.82, 2.24) is 0 Å². The highest BCUT2D eigenvalue weighted by Crippen LogP contribution is 2.30. The molecular weight excluding hydrogens is 396 g/mol. The van der Waals surface area contributed by atoms with Gasteiger partial charge >= 0.3 is 5.97 Å². The first kappa shape index (κ1) is 28.5. The lowest BCUT2D eigenvalue weighted by Crippen LogP contribution is -2.36. The number of rotatable bonds is 19. The predicted molar refractivity (Wildman–Crippen MR) is 137 cm³/mol. The molecule has 0 fully saturated rings. The van der Waals surface area contributed by atoms with Gasteiger partial charge in [-0.05, 0) is 63.3 Å². The molecule has 1 atom stereocenters. The molecule has 0 saturated heterocycles. The van der Waals surface area contributed by atoms with Gasteiger partial charge in [-0.3, -0.25) is 0 Å². The van der Waals surface area contributed by atoms with Crippen LogP contribution in [0.5, 0.6) is 5.75 Å². The molecule has 1 aromatic rings. The van der Waals surface area contributed by atoms with Crippen molar-refractivity contribution in [2.45, 2.75) is 130 Å². The lowest BCUT2D eigenvalue weighted by Gasteiger charge is -2.33. The predicted octanol–water partition coefficient (Wildman–Crippen LogP) is 9.14.